The van der Waals surface area contributed by atoms with Gasteiger partial charge in [-0.15, -0.1) is 0 Å². The van der Waals surface area contributed by atoms with Crippen molar-refractivity contribution in [3.05, 3.63) is 0 Å². The molecule has 0 aromatic rings. The van der Waals surface area contributed by atoms with Crippen molar-refractivity contribution in [2.45, 2.75) is 57.7 Å². The molecular formula is C13H23N3O6. The third kappa shape index (κ3) is 8.20. The van der Waals surface area contributed by atoms with Crippen LogP contribution in [0.3, 0.4) is 0 Å². The van der Waals surface area contributed by atoms with Gasteiger partial charge in [-0.1, -0.05) is 6.42 Å². The molecule has 0 spiro atoms. The summed E-state index contributed by atoms with van der Waals surface area (Å²) < 4.78 is 0. The summed E-state index contributed by atoms with van der Waals surface area (Å²) in [6, 6.07) is -2.83. The molecule has 9 nitrogen and oxygen atoms in total. The van der Waals surface area contributed by atoms with Gasteiger partial charge in [0.25, 0.3) is 0 Å². The number of hydrogen-bond donors (Lipinski definition) is 5. The first kappa shape index (κ1) is 19.8. The molecule has 3 atom stereocenters. The highest BCUT2D eigenvalue weighted by Gasteiger charge is 2.20. The van der Waals surface area contributed by atoms with Crippen LogP contribution in [0.1, 0.15) is 39.5 Å². The second-order valence-corrected chi connectivity index (χ2v) is 5.05. The summed E-state index contributed by atoms with van der Waals surface area (Å²) in [6.07, 6.45) is 1.34. The fourth-order valence-corrected chi connectivity index (χ4v) is 1.55. The summed E-state index contributed by atoms with van der Waals surface area (Å²) in [7, 11) is 0. The van der Waals surface area contributed by atoms with Crippen molar-refractivity contribution >= 4 is 23.8 Å². The molecule has 6 N–H and O–H groups in total. The Morgan fingerprint density at radius 2 is 1.55 bits per heavy atom. The zero-order chi connectivity index (χ0) is 17.3. The van der Waals surface area contributed by atoms with Crippen LogP contribution < -0.4 is 16.4 Å². The number of rotatable bonds is 10. The van der Waals surface area contributed by atoms with Gasteiger partial charge in [-0.25, -0.2) is 0 Å². The lowest BCUT2D eigenvalue weighted by atomic mass is 10.1. The van der Waals surface area contributed by atoms with E-state index in [2.05, 4.69) is 10.6 Å². The highest BCUT2D eigenvalue weighted by molar-refractivity contribution is 5.89. The van der Waals surface area contributed by atoms with Gasteiger partial charge in [-0.3, -0.25) is 19.2 Å². The molecule has 1 unspecified atom stereocenters. The zero-order valence-corrected chi connectivity index (χ0v) is 12.7. The smallest absolute Gasteiger partial charge is 0.325 e. The van der Waals surface area contributed by atoms with E-state index in [-0.39, 0.29) is 18.7 Å². The van der Waals surface area contributed by atoms with Gasteiger partial charge in [0.15, 0.2) is 0 Å². The minimum Gasteiger partial charge on any atom is -0.480 e. The summed E-state index contributed by atoms with van der Waals surface area (Å²) in [5.41, 5.74) is 5.32. The van der Waals surface area contributed by atoms with Gasteiger partial charge in [0.2, 0.25) is 11.8 Å². The number of carbonyl (C=O) groups is 4. The second kappa shape index (κ2) is 9.72. The number of amides is 2. The number of hydrogen-bond acceptors (Lipinski definition) is 5. The van der Waals surface area contributed by atoms with Gasteiger partial charge in [0.1, 0.15) is 18.1 Å². The first-order valence-electron chi connectivity index (χ1n) is 6.96. The van der Waals surface area contributed by atoms with Gasteiger partial charge in [0, 0.05) is 6.42 Å². The minimum absolute atomic E-state index is 0.137. The topological polar surface area (TPSA) is 159 Å². The molecule has 0 aliphatic heterocycles. The van der Waals surface area contributed by atoms with Crippen molar-refractivity contribution in [1.82, 2.24) is 10.6 Å². The zero-order valence-electron chi connectivity index (χ0n) is 12.7. The number of carbonyl (C=O) groups excluding carboxylic acids is 2. The largest absolute Gasteiger partial charge is 0.480 e. The molecular weight excluding hydrogens is 294 g/mol. The maximum atomic E-state index is 11.6. The van der Waals surface area contributed by atoms with Gasteiger partial charge in [0.05, 0.1) is 0 Å². The fraction of sp³-hybridized carbons (Fsp3) is 0.692. The van der Waals surface area contributed by atoms with Crippen molar-refractivity contribution in [3.8, 4) is 0 Å². The molecule has 0 aromatic carbocycles. The van der Waals surface area contributed by atoms with Crippen LogP contribution in [0, 0.1) is 0 Å². The van der Waals surface area contributed by atoms with Crippen LogP contribution in [0.2, 0.25) is 0 Å². The lowest BCUT2D eigenvalue weighted by Crippen LogP contribution is -2.49. The van der Waals surface area contributed by atoms with Crippen LogP contribution in [0.4, 0.5) is 0 Å². The Morgan fingerprint density at radius 3 is 2.05 bits per heavy atom. The molecule has 0 aliphatic rings. The maximum absolute atomic E-state index is 11.6. The van der Waals surface area contributed by atoms with Crippen LogP contribution >= 0.6 is 0 Å². The molecule has 0 bridgehead atoms. The number of carboxylic acid groups (broad SMARTS) is 2. The molecule has 0 aliphatic carbocycles. The average Bonchev–Trinajstić information content (AvgIpc) is 2.42. The predicted octanol–water partition coefficient (Wildman–Crippen LogP) is -0.947. The van der Waals surface area contributed by atoms with Gasteiger partial charge >= 0.3 is 11.9 Å². The summed E-state index contributed by atoms with van der Waals surface area (Å²) in [6.45, 7) is 2.77. The number of aliphatic carboxylic acids is 2. The van der Waals surface area contributed by atoms with E-state index in [1.807, 2.05) is 0 Å². The van der Waals surface area contributed by atoms with Crippen LogP contribution in [-0.4, -0.2) is 52.1 Å². The van der Waals surface area contributed by atoms with E-state index in [4.69, 9.17) is 15.9 Å². The minimum atomic E-state index is -1.17. The molecule has 22 heavy (non-hydrogen) atoms. The Bertz CT molecular complexity index is 426. The van der Waals surface area contributed by atoms with E-state index in [0.717, 1.165) is 0 Å². The lowest BCUT2D eigenvalue weighted by Gasteiger charge is -2.16. The van der Waals surface area contributed by atoms with Gasteiger partial charge < -0.3 is 26.6 Å². The highest BCUT2D eigenvalue weighted by atomic mass is 16.4. The third-order valence-electron chi connectivity index (χ3n) is 2.99. The molecule has 0 saturated carbocycles. The van der Waals surface area contributed by atoms with E-state index in [1.54, 1.807) is 0 Å². The molecule has 0 saturated heterocycles. The van der Waals surface area contributed by atoms with Crippen LogP contribution in [0.5, 0.6) is 0 Å². The van der Waals surface area contributed by atoms with Gasteiger partial charge in [-0.2, -0.15) is 0 Å². The molecule has 2 amide bonds. The van der Waals surface area contributed by atoms with E-state index in [1.165, 1.54) is 13.8 Å². The molecule has 0 aromatic heterocycles. The third-order valence-corrected chi connectivity index (χ3v) is 2.99. The Labute approximate surface area is 128 Å². The van der Waals surface area contributed by atoms with Crippen LogP contribution in [0.15, 0.2) is 0 Å². The quantitative estimate of drug-likeness (QED) is 0.325. The number of nitrogens with one attached hydrogen (secondary N) is 2. The Morgan fingerprint density at radius 1 is 0.955 bits per heavy atom. The van der Waals surface area contributed by atoms with E-state index in [0.29, 0.717) is 12.8 Å². The molecule has 126 valence electrons. The highest BCUT2D eigenvalue weighted by Crippen LogP contribution is 2.03. The van der Waals surface area contributed by atoms with Crippen molar-refractivity contribution in [3.63, 3.8) is 0 Å². The summed E-state index contributed by atoms with van der Waals surface area (Å²) in [4.78, 5) is 44.3. The molecule has 0 fully saturated rings. The van der Waals surface area contributed by atoms with Gasteiger partial charge in [-0.05, 0) is 26.7 Å². The first-order valence-corrected chi connectivity index (χ1v) is 6.96. The summed E-state index contributed by atoms with van der Waals surface area (Å²) in [5, 5.41) is 21.9. The van der Waals surface area contributed by atoms with E-state index < -0.39 is 36.0 Å². The van der Waals surface area contributed by atoms with Crippen molar-refractivity contribution < 1.29 is 29.4 Å². The molecule has 9 heteroatoms. The van der Waals surface area contributed by atoms with E-state index in [9.17, 15) is 19.2 Å². The fourth-order valence-electron chi connectivity index (χ4n) is 1.55. The predicted molar refractivity (Wildman–Crippen MR) is 76.9 cm³/mol. The first-order chi connectivity index (χ1) is 10.1. The lowest BCUT2D eigenvalue weighted by molar-refractivity contribution is -0.141. The molecule has 0 radical (unpaired) electrons. The second-order valence-electron chi connectivity index (χ2n) is 5.05. The Hall–Kier alpha value is -2.16. The normalized spacial score (nSPS) is 14.5. The van der Waals surface area contributed by atoms with Crippen molar-refractivity contribution in [2.75, 3.05) is 0 Å². The molecule has 0 rings (SSSR count). The average molecular weight is 317 g/mol. The van der Waals surface area contributed by atoms with Crippen molar-refractivity contribution in [2.24, 2.45) is 5.73 Å². The number of nitrogens with two attached hydrogens (primary N) is 1. The number of carboxylic acids is 2. The Balaban J connectivity index is 3.98. The Kier molecular flexibility index (Phi) is 8.76. The summed E-state index contributed by atoms with van der Waals surface area (Å²) in [5.74, 6) is -3.20. The SMILES string of the molecule is CC(NC(=O)[C@@H](C)NC(=O)CCCC[C@@H](N)C(=O)O)C(=O)O. The number of unbranched alkanes of at least 4 members (excludes halogenated alkanes) is 1. The summed E-state index contributed by atoms with van der Waals surface area (Å²) >= 11 is 0. The monoisotopic (exact) mass is 317 g/mol. The van der Waals surface area contributed by atoms with Crippen molar-refractivity contribution in [1.29, 1.82) is 0 Å². The standard InChI is InChI=1S/C13H23N3O6/c1-7(11(18)16-8(2)12(19)20)15-10(17)6-4-3-5-9(14)13(21)22/h7-9H,3-6,14H2,1-2H3,(H,15,17)(H,16,18)(H,19,20)(H,21,22)/t7-,8?,9-/m1/s1. The maximum Gasteiger partial charge on any atom is 0.325 e. The van der Waals surface area contributed by atoms with E-state index >= 15 is 0 Å². The van der Waals surface area contributed by atoms with Crippen LogP contribution in [0.25, 0.3) is 0 Å². The molecule has 0 heterocycles. The van der Waals surface area contributed by atoms with Crippen LogP contribution in [-0.2, 0) is 19.2 Å².